The lowest BCUT2D eigenvalue weighted by molar-refractivity contribution is 0.102. The summed E-state index contributed by atoms with van der Waals surface area (Å²) >= 11 is 2.21. The molecule has 0 fully saturated rings. The molecule has 5 nitrogen and oxygen atoms in total. The maximum absolute atomic E-state index is 12.1. The van der Waals surface area contributed by atoms with Crippen molar-refractivity contribution in [2.45, 2.75) is 32.2 Å². The zero-order valence-electron chi connectivity index (χ0n) is 11.8. The first-order valence-corrected chi connectivity index (χ1v) is 7.96. The largest absolute Gasteiger partial charge is 0.446 e. The van der Waals surface area contributed by atoms with Crippen molar-refractivity contribution >= 4 is 34.2 Å². The number of hydrogen-bond acceptors (Lipinski definition) is 4. The van der Waals surface area contributed by atoms with Crippen molar-refractivity contribution in [2.75, 3.05) is 5.32 Å². The molecular weight excluding hydrogens is 381 g/mol. The van der Waals surface area contributed by atoms with E-state index in [9.17, 15) is 4.79 Å². The SMILES string of the molecule is CCCCC(N)c1nc(C(=O)Nc2ccc(I)cc2)co1. The molecule has 2 aromatic rings. The van der Waals surface area contributed by atoms with Gasteiger partial charge in [0.25, 0.3) is 5.91 Å². The van der Waals surface area contributed by atoms with Gasteiger partial charge in [-0.3, -0.25) is 4.79 Å². The third kappa shape index (κ3) is 4.53. The Morgan fingerprint density at radius 2 is 2.14 bits per heavy atom. The number of benzene rings is 1. The van der Waals surface area contributed by atoms with Gasteiger partial charge in [-0.05, 0) is 53.3 Å². The van der Waals surface area contributed by atoms with Crippen molar-refractivity contribution in [3.05, 3.63) is 45.7 Å². The maximum Gasteiger partial charge on any atom is 0.277 e. The average molecular weight is 399 g/mol. The first kappa shape index (κ1) is 16.0. The van der Waals surface area contributed by atoms with Crippen molar-refractivity contribution in [2.24, 2.45) is 5.73 Å². The molecule has 1 atom stereocenters. The minimum absolute atomic E-state index is 0.246. The Labute approximate surface area is 137 Å². The zero-order valence-corrected chi connectivity index (χ0v) is 14.0. The molecule has 1 heterocycles. The molecule has 1 unspecified atom stereocenters. The van der Waals surface area contributed by atoms with Crippen LogP contribution in [0.4, 0.5) is 5.69 Å². The van der Waals surface area contributed by atoms with Crippen LogP contribution in [0.25, 0.3) is 0 Å². The maximum atomic E-state index is 12.1. The third-order valence-corrected chi connectivity index (χ3v) is 3.76. The van der Waals surface area contributed by atoms with Crippen molar-refractivity contribution in [1.29, 1.82) is 0 Å². The molecule has 0 aliphatic heterocycles. The Bertz CT molecular complexity index is 595. The first-order chi connectivity index (χ1) is 10.1. The van der Waals surface area contributed by atoms with Crippen LogP contribution >= 0.6 is 22.6 Å². The minimum atomic E-state index is -0.297. The van der Waals surface area contributed by atoms with Crippen LogP contribution in [-0.2, 0) is 0 Å². The number of nitrogens with one attached hydrogen (secondary N) is 1. The van der Waals surface area contributed by atoms with Crippen LogP contribution in [-0.4, -0.2) is 10.9 Å². The van der Waals surface area contributed by atoms with Gasteiger partial charge in [0.15, 0.2) is 5.69 Å². The molecule has 21 heavy (non-hydrogen) atoms. The molecule has 0 bridgehead atoms. The fourth-order valence-corrected chi connectivity index (χ4v) is 2.20. The standard InChI is InChI=1S/C15H18IN3O2/c1-2-3-4-12(17)15-19-13(9-21-15)14(20)18-11-7-5-10(16)6-8-11/h5-9,12H,2-4,17H2,1H3,(H,18,20). The minimum Gasteiger partial charge on any atom is -0.446 e. The first-order valence-electron chi connectivity index (χ1n) is 6.88. The predicted octanol–water partition coefficient (Wildman–Crippen LogP) is 3.72. The quantitative estimate of drug-likeness (QED) is 0.726. The predicted molar refractivity (Wildman–Crippen MR) is 90.1 cm³/mol. The van der Waals surface area contributed by atoms with Crippen LogP contribution in [0.15, 0.2) is 34.9 Å². The van der Waals surface area contributed by atoms with Crippen LogP contribution in [0.1, 0.15) is 48.6 Å². The molecule has 1 aromatic heterocycles. The Kier molecular flexibility index (Phi) is 5.75. The lowest BCUT2D eigenvalue weighted by Gasteiger charge is -2.05. The van der Waals surface area contributed by atoms with E-state index in [4.69, 9.17) is 10.2 Å². The van der Waals surface area contributed by atoms with Crippen molar-refractivity contribution in [3.8, 4) is 0 Å². The molecule has 0 aliphatic rings. The van der Waals surface area contributed by atoms with E-state index in [-0.39, 0.29) is 17.6 Å². The third-order valence-electron chi connectivity index (χ3n) is 3.04. The summed E-state index contributed by atoms with van der Waals surface area (Å²) in [5, 5.41) is 2.78. The lowest BCUT2D eigenvalue weighted by Crippen LogP contribution is -2.14. The molecule has 0 saturated carbocycles. The number of halogens is 1. The highest BCUT2D eigenvalue weighted by molar-refractivity contribution is 14.1. The van der Waals surface area contributed by atoms with Crippen molar-refractivity contribution in [3.63, 3.8) is 0 Å². The van der Waals surface area contributed by atoms with Gasteiger partial charge in [0.1, 0.15) is 6.26 Å². The zero-order chi connectivity index (χ0) is 15.2. The lowest BCUT2D eigenvalue weighted by atomic mass is 10.1. The Morgan fingerprint density at radius 3 is 2.81 bits per heavy atom. The second kappa shape index (κ2) is 7.56. The summed E-state index contributed by atoms with van der Waals surface area (Å²) in [6, 6.07) is 7.27. The number of carbonyl (C=O) groups is 1. The second-order valence-electron chi connectivity index (χ2n) is 4.78. The highest BCUT2D eigenvalue weighted by atomic mass is 127. The fraction of sp³-hybridized carbons (Fsp3) is 0.333. The molecule has 2 rings (SSSR count). The molecule has 0 aliphatic carbocycles. The van der Waals surface area contributed by atoms with Gasteiger partial charge in [0.2, 0.25) is 5.89 Å². The van der Waals surface area contributed by atoms with Gasteiger partial charge < -0.3 is 15.5 Å². The van der Waals surface area contributed by atoms with Gasteiger partial charge in [0, 0.05) is 9.26 Å². The topological polar surface area (TPSA) is 81.1 Å². The van der Waals surface area contributed by atoms with Gasteiger partial charge in [0.05, 0.1) is 6.04 Å². The summed E-state index contributed by atoms with van der Waals surface area (Å²) in [5.41, 5.74) is 6.94. The number of rotatable bonds is 6. The van der Waals surface area contributed by atoms with Crippen LogP contribution in [0.5, 0.6) is 0 Å². The number of oxazole rings is 1. The summed E-state index contributed by atoms with van der Waals surface area (Å²) in [4.78, 5) is 16.2. The summed E-state index contributed by atoms with van der Waals surface area (Å²) in [6.07, 6.45) is 4.22. The molecular formula is C15H18IN3O2. The van der Waals surface area contributed by atoms with E-state index >= 15 is 0 Å². The van der Waals surface area contributed by atoms with Crippen LogP contribution < -0.4 is 11.1 Å². The molecule has 6 heteroatoms. The normalized spacial score (nSPS) is 12.1. The van der Waals surface area contributed by atoms with E-state index in [0.29, 0.717) is 5.89 Å². The number of nitrogens with zero attached hydrogens (tertiary/aromatic N) is 1. The molecule has 1 amide bonds. The van der Waals surface area contributed by atoms with E-state index in [0.717, 1.165) is 28.5 Å². The van der Waals surface area contributed by atoms with E-state index in [1.807, 2.05) is 24.3 Å². The van der Waals surface area contributed by atoms with Gasteiger partial charge >= 0.3 is 0 Å². The number of carbonyl (C=O) groups excluding carboxylic acids is 1. The summed E-state index contributed by atoms with van der Waals surface area (Å²) in [5.74, 6) is 0.116. The van der Waals surface area contributed by atoms with Crippen LogP contribution in [0, 0.1) is 3.57 Å². The van der Waals surface area contributed by atoms with E-state index in [2.05, 4.69) is 39.8 Å². The van der Waals surface area contributed by atoms with Crippen LogP contribution in [0.3, 0.4) is 0 Å². The van der Waals surface area contributed by atoms with Crippen LogP contribution in [0.2, 0.25) is 0 Å². The van der Waals surface area contributed by atoms with Gasteiger partial charge in [-0.15, -0.1) is 0 Å². The van der Waals surface area contributed by atoms with E-state index in [1.165, 1.54) is 6.26 Å². The van der Waals surface area contributed by atoms with Gasteiger partial charge in [-0.1, -0.05) is 19.8 Å². The monoisotopic (exact) mass is 399 g/mol. The molecule has 112 valence electrons. The molecule has 0 saturated heterocycles. The summed E-state index contributed by atoms with van der Waals surface area (Å²) in [6.45, 7) is 2.10. The number of amides is 1. The Balaban J connectivity index is 2.00. The summed E-state index contributed by atoms with van der Waals surface area (Å²) in [7, 11) is 0. The van der Waals surface area contributed by atoms with Crippen molar-refractivity contribution < 1.29 is 9.21 Å². The Morgan fingerprint density at radius 1 is 1.43 bits per heavy atom. The second-order valence-corrected chi connectivity index (χ2v) is 6.03. The van der Waals surface area contributed by atoms with Crippen molar-refractivity contribution in [1.82, 2.24) is 4.98 Å². The van der Waals surface area contributed by atoms with Gasteiger partial charge in [-0.25, -0.2) is 4.98 Å². The van der Waals surface area contributed by atoms with E-state index < -0.39 is 0 Å². The molecule has 0 radical (unpaired) electrons. The van der Waals surface area contributed by atoms with E-state index in [1.54, 1.807) is 0 Å². The fourth-order valence-electron chi connectivity index (χ4n) is 1.84. The highest BCUT2D eigenvalue weighted by Gasteiger charge is 2.16. The average Bonchev–Trinajstić information content (AvgIpc) is 2.97. The number of nitrogens with two attached hydrogens (primary N) is 1. The molecule has 1 aromatic carbocycles. The Hall–Kier alpha value is -1.41. The smallest absolute Gasteiger partial charge is 0.277 e. The molecule has 0 spiro atoms. The number of hydrogen-bond donors (Lipinski definition) is 2. The van der Waals surface area contributed by atoms with Gasteiger partial charge in [-0.2, -0.15) is 0 Å². The number of anilines is 1. The number of aromatic nitrogens is 1. The molecule has 3 N–H and O–H groups in total. The highest BCUT2D eigenvalue weighted by Crippen LogP contribution is 2.17. The number of unbranched alkanes of at least 4 members (excludes halogenated alkanes) is 1. The summed E-state index contributed by atoms with van der Waals surface area (Å²) < 4.78 is 6.41.